The Kier molecular flexibility index (Phi) is 1.99. The molecule has 15 heavy (non-hydrogen) atoms. The van der Waals surface area contributed by atoms with E-state index in [4.69, 9.17) is 0 Å². The summed E-state index contributed by atoms with van der Waals surface area (Å²) in [6.07, 6.45) is 4.68. The van der Waals surface area contributed by atoms with Crippen LogP contribution in [0.1, 0.15) is 25.3 Å². The van der Waals surface area contributed by atoms with Gasteiger partial charge in [-0.1, -0.05) is 18.2 Å². The highest BCUT2D eigenvalue weighted by atomic mass is 16.3. The standard InChI is InChI=1S/C12H14N2O/c15-12-7-3-6-11(12)14-10-5-2-1-4-9(10)8-13-14/h1-2,4-5,8,11-12,15H,3,6-7H2/t11-,12-/m1/s1. The molecule has 0 amide bonds. The van der Waals surface area contributed by atoms with Crippen molar-refractivity contribution in [2.24, 2.45) is 0 Å². The molecule has 1 heterocycles. The van der Waals surface area contributed by atoms with E-state index in [-0.39, 0.29) is 12.1 Å². The van der Waals surface area contributed by atoms with Gasteiger partial charge in [0.1, 0.15) is 0 Å². The van der Waals surface area contributed by atoms with Crippen molar-refractivity contribution in [2.45, 2.75) is 31.4 Å². The minimum Gasteiger partial charge on any atom is -0.391 e. The van der Waals surface area contributed by atoms with Crippen LogP contribution in [0.3, 0.4) is 0 Å². The van der Waals surface area contributed by atoms with Crippen molar-refractivity contribution >= 4 is 10.9 Å². The monoisotopic (exact) mass is 202 g/mol. The van der Waals surface area contributed by atoms with Gasteiger partial charge in [-0.2, -0.15) is 5.10 Å². The molecule has 78 valence electrons. The maximum Gasteiger partial charge on any atom is 0.0785 e. The van der Waals surface area contributed by atoms with E-state index in [1.807, 2.05) is 23.0 Å². The molecule has 1 aliphatic rings. The Morgan fingerprint density at radius 1 is 1.27 bits per heavy atom. The third-order valence-corrected chi connectivity index (χ3v) is 3.26. The molecule has 1 N–H and O–H groups in total. The van der Waals surface area contributed by atoms with Crippen molar-refractivity contribution in [3.63, 3.8) is 0 Å². The molecule has 1 fully saturated rings. The molecule has 3 nitrogen and oxygen atoms in total. The minimum atomic E-state index is -0.228. The number of aliphatic hydroxyl groups is 1. The molecule has 3 rings (SSSR count). The van der Waals surface area contributed by atoms with Crippen molar-refractivity contribution < 1.29 is 5.11 Å². The summed E-state index contributed by atoms with van der Waals surface area (Å²) >= 11 is 0. The molecule has 0 bridgehead atoms. The van der Waals surface area contributed by atoms with Gasteiger partial charge in [0.05, 0.1) is 23.9 Å². The van der Waals surface area contributed by atoms with Gasteiger partial charge in [0.15, 0.2) is 0 Å². The van der Waals surface area contributed by atoms with Crippen LogP contribution in [0.4, 0.5) is 0 Å². The summed E-state index contributed by atoms with van der Waals surface area (Å²) in [6.45, 7) is 0. The van der Waals surface area contributed by atoms with E-state index in [1.165, 1.54) is 0 Å². The number of hydrogen-bond acceptors (Lipinski definition) is 2. The van der Waals surface area contributed by atoms with E-state index >= 15 is 0 Å². The molecule has 3 heteroatoms. The summed E-state index contributed by atoms with van der Waals surface area (Å²) in [6, 6.07) is 8.32. The lowest BCUT2D eigenvalue weighted by molar-refractivity contribution is 0.132. The van der Waals surface area contributed by atoms with Gasteiger partial charge >= 0.3 is 0 Å². The number of rotatable bonds is 1. The molecule has 0 radical (unpaired) electrons. The molecule has 1 aliphatic carbocycles. The molecule has 0 unspecified atom stereocenters. The van der Waals surface area contributed by atoms with Gasteiger partial charge in [0.25, 0.3) is 0 Å². The lowest BCUT2D eigenvalue weighted by Gasteiger charge is -2.15. The van der Waals surface area contributed by atoms with E-state index in [0.717, 1.165) is 30.2 Å². The van der Waals surface area contributed by atoms with E-state index in [2.05, 4.69) is 17.2 Å². The van der Waals surface area contributed by atoms with Crippen LogP contribution in [0.2, 0.25) is 0 Å². The lowest BCUT2D eigenvalue weighted by Crippen LogP contribution is -2.19. The van der Waals surface area contributed by atoms with Crippen LogP contribution in [0.15, 0.2) is 30.5 Å². The number of aromatic nitrogens is 2. The van der Waals surface area contributed by atoms with Crippen LogP contribution in [-0.4, -0.2) is 21.0 Å². The maximum atomic E-state index is 9.86. The number of aliphatic hydroxyl groups excluding tert-OH is 1. The summed E-state index contributed by atoms with van der Waals surface area (Å²) in [5.74, 6) is 0. The quantitative estimate of drug-likeness (QED) is 0.769. The summed E-state index contributed by atoms with van der Waals surface area (Å²) < 4.78 is 1.98. The first-order chi connectivity index (χ1) is 7.36. The number of para-hydroxylation sites is 1. The fraction of sp³-hybridized carbons (Fsp3) is 0.417. The zero-order valence-corrected chi connectivity index (χ0v) is 8.50. The molecular weight excluding hydrogens is 188 g/mol. The molecule has 0 aliphatic heterocycles. The van der Waals surface area contributed by atoms with Crippen molar-refractivity contribution in [1.82, 2.24) is 9.78 Å². The third-order valence-electron chi connectivity index (χ3n) is 3.26. The largest absolute Gasteiger partial charge is 0.391 e. The van der Waals surface area contributed by atoms with Gasteiger partial charge in [0.2, 0.25) is 0 Å². The second kappa shape index (κ2) is 3.35. The first-order valence-corrected chi connectivity index (χ1v) is 5.46. The molecule has 2 atom stereocenters. The second-order valence-corrected chi connectivity index (χ2v) is 4.21. The van der Waals surface area contributed by atoms with Gasteiger partial charge in [-0.05, 0) is 25.3 Å². The summed E-state index contributed by atoms with van der Waals surface area (Å²) in [5, 5.41) is 15.4. The SMILES string of the molecule is O[C@@H]1CCC[C@H]1n1ncc2ccccc21. The molecule has 1 aromatic carbocycles. The summed E-state index contributed by atoms with van der Waals surface area (Å²) in [7, 11) is 0. The lowest BCUT2D eigenvalue weighted by atomic mass is 10.2. The highest BCUT2D eigenvalue weighted by molar-refractivity contribution is 5.78. The highest BCUT2D eigenvalue weighted by Gasteiger charge is 2.28. The third kappa shape index (κ3) is 1.35. The van der Waals surface area contributed by atoms with Crippen molar-refractivity contribution in [1.29, 1.82) is 0 Å². The van der Waals surface area contributed by atoms with Crippen molar-refractivity contribution in [3.8, 4) is 0 Å². The Morgan fingerprint density at radius 3 is 2.93 bits per heavy atom. The van der Waals surface area contributed by atoms with Crippen molar-refractivity contribution in [3.05, 3.63) is 30.5 Å². The Morgan fingerprint density at radius 2 is 2.13 bits per heavy atom. The minimum absolute atomic E-state index is 0.171. The molecule has 1 saturated carbocycles. The van der Waals surface area contributed by atoms with Crippen LogP contribution in [0.5, 0.6) is 0 Å². The van der Waals surface area contributed by atoms with E-state index in [1.54, 1.807) is 0 Å². The van der Waals surface area contributed by atoms with Crippen LogP contribution in [-0.2, 0) is 0 Å². The molecule has 2 aromatic rings. The van der Waals surface area contributed by atoms with Crippen LogP contribution >= 0.6 is 0 Å². The van der Waals surface area contributed by atoms with Crippen molar-refractivity contribution in [2.75, 3.05) is 0 Å². The van der Waals surface area contributed by atoms with Gasteiger partial charge < -0.3 is 5.11 Å². The summed E-state index contributed by atoms with van der Waals surface area (Å²) in [5.41, 5.74) is 1.13. The van der Waals surface area contributed by atoms with E-state index < -0.39 is 0 Å². The van der Waals surface area contributed by atoms with Crippen LogP contribution in [0.25, 0.3) is 10.9 Å². The normalized spacial score (nSPS) is 26.2. The number of fused-ring (bicyclic) bond motifs is 1. The fourth-order valence-corrected chi connectivity index (χ4v) is 2.46. The van der Waals surface area contributed by atoms with Gasteiger partial charge in [-0.15, -0.1) is 0 Å². The number of nitrogens with zero attached hydrogens (tertiary/aromatic N) is 2. The first kappa shape index (κ1) is 8.92. The van der Waals surface area contributed by atoms with Gasteiger partial charge in [0, 0.05) is 5.39 Å². The topological polar surface area (TPSA) is 38.0 Å². The predicted molar refractivity (Wildman–Crippen MR) is 58.6 cm³/mol. The van der Waals surface area contributed by atoms with Crippen LogP contribution in [0, 0.1) is 0 Å². The first-order valence-electron chi connectivity index (χ1n) is 5.46. The average Bonchev–Trinajstić information content (AvgIpc) is 2.83. The zero-order chi connectivity index (χ0) is 10.3. The second-order valence-electron chi connectivity index (χ2n) is 4.21. The molecule has 1 aromatic heterocycles. The number of hydrogen-bond donors (Lipinski definition) is 1. The average molecular weight is 202 g/mol. The smallest absolute Gasteiger partial charge is 0.0785 e. The van der Waals surface area contributed by atoms with Gasteiger partial charge in [-0.3, -0.25) is 4.68 Å². The highest BCUT2D eigenvalue weighted by Crippen LogP contribution is 2.31. The summed E-state index contributed by atoms with van der Waals surface area (Å²) in [4.78, 5) is 0. The zero-order valence-electron chi connectivity index (χ0n) is 8.50. The Labute approximate surface area is 88.3 Å². The Hall–Kier alpha value is -1.35. The molecule has 0 saturated heterocycles. The van der Waals surface area contributed by atoms with E-state index in [9.17, 15) is 5.11 Å². The fourth-order valence-electron chi connectivity index (χ4n) is 2.46. The van der Waals surface area contributed by atoms with Crippen LogP contribution < -0.4 is 0 Å². The Bertz CT molecular complexity index is 477. The molecule has 0 spiro atoms. The van der Waals surface area contributed by atoms with E-state index in [0.29, 0.717) is 0 Å². The Balaban J connectivity index is 2.10. The number of benzene rings is 1. The molecular formula is C12H14N2O. The maximum absolute atomic E-state index is 9.86. The predicted octanol–water partition coefficient (Wildman–Crippen LogP) is 2.12. The van der Waals surface area contributed by atoms with Gasteiger partial charge in [-0.25, -0.2) is 0 Å².